The minimum Gasteiger partial charge on any atom is -0.348 e. The van der Waals surface area contributed by atoms with Crippen LogP contribution < -0.4 is 5.32 Å². The zero-order valence-corrected chi connectivity index (χ0v) is 12.0. The summed E-state index contributed by atoms with van der Waals surface area (Å²) >= 11 is 0. The molecule has 0 aliphatic carbocycles. The number of hydrogen-bond donors (Lipinski definition) is 1. The minimum atomic E-state index is 0.582. The molecule has 98 valence electrons. The van der Waals surface area contributed by atoms with E-state index in [1.165, 1.54) is 28.6 Å². The van der Waals surface area contributed by atoms with Crippen LogP contribution in [0.1, 0.15) is 31.5 Å². The van der Waals surface area contributed by atoms with Gasteiger partial charge in [-0.2, -0.15) is 0 Å². The average Bonchev–Trinajstić information content (AvgIpc) is 2.59. The second-order valence-electron chi connectivity index (χ2n) is 5.35. The lowest BCUT2D eigenvalue weighted by Crippen LogP contribution is -2.23. The fourth-order valence-corrected chi connectivity index (χ4v) is 2.57. The van der Waals surface area contributed by atoms with Crippen molar-refractivity contribution < 1.29 is 0 Å². The molecule has 0 saturated heterocycles. The van der Waals surface area contributed by atoms with Gasteiger partial charge < -0.3 is 9.88 Å². The third-order valence-corrected chi connectivity index (χ3v) is 3.69. The normalized spacial score (nSPS) is 11.6. The Morgan fingerprint density at radius 2 is 1.94 bits per heavy atom. The van der Waals surface area contributed by atoms with E-state index >= 15 is 0 Å². The summed E-state index contributed by atoms with van der Waals surface area (Å²) in [5.41, 5.74) is 4.27. The molecule has 1 aromatic heterocycles. The summed E-state index contributed by atoms with van der Waals surface area (Å²) in [5, 5.41) is 4.90. The summed E-state index contributed by atoms with van der Waals surface area (Å²) in [6.07, 6.45) is 2.36. The lowest BCUT2D eigenvalue weighted by atomic mass is 10.1. The molecular weight excluding hydrogens is 220 g/mol. The maximum Gasteiger partial charge on any atom is 0.0482 e. The van der Waals surface area contributed by atoms with E-state index in [-0.39, 0.29) is 0 Å². The van der Waals surface area contributed by atoms with Crippen molar-refractivity contribution in [3.63, 3.8) is 0 Å². The largest absolute Gasteiger partial charge is 0.348 e. The Kier molecular flexibility index (Phi) is 4.07. The molecule has 1 N–H and O–H groups in total. The molecule has 2 nitrogen and oxygen atoms in total. The number of para-hydroxylation sites is 1. The SMILES string of the molecule is Cc1c(CCCNC(C)C)c2ccccc2n1C. The van der Waals surface area contributed by atoms with Crippen LogP contribution in [0.25, 0.3) is 10.9 Å². The Morgan fingerprint density at radius 1 is 1.22 bits per heavy atom. The predicted molar refractivity (Wildman–Crippen MR) is 79.1 cm³/mol. The molecule has 0 radical (unpaired) electrons. The van der Waals surface area contributed by atoms with Crippen molar-refractivity contribution in [2.75, 3.05) is 6.54 Å². The van der Waals surface area contributed by atoms with Crippen molar-refractivity contribution in [3.05, 3.63) is 35.5 Å². The third-order valence-electron chi connectivity index (χ3n) is 3.69. The molecule has 0 bridgehead atoms. The third kappa shape index (κ3) is 2.59. The molecule has 0 aliphatic rings. The van der Waals surface area contributed by atoms with Crippen LogP contribution in [0.4, 0.5) is 0 Å². The minimum absolute atomic E-state index is 0.582. The molecule has 0 fully saturated rings. The number of aryl methyl sites for hydroxylation is 2. The predicted octanol–water partition coefficient (Wildman–Crippen LogP) is 3.42. The van der Waals surface area contributed by atoms with Crippen LogP contribution in [0.2, 0.25) is 0 Å². The molecule has 0 amide bonds. The summed E-state index contributed by atoms with van der Waals surface area (Å²) in [7, 11) is 2.16. The molecule has 1 heterocycles. The molecule has 0 aliphatic heterocycles. The zero-order valence-electron chi connectivity index (χ0n) is 12.0. The van der Waals surface area contributed by atoms with Crippen LogP contribution in [-0.4, -0.2) is 17.2 Å². The van der Waals surface area contributed by atoms with Gasteiger partial charge in [0.1, 0.15) is 0 Å². The molecule has 0 spiro atoms. The average molecular weight is 244 g/mol. The summed E-state index contributed by atoms with van der Waals surface area (Å²) < 4.78 is 2.31. The molecule has 2 rings (SSSR count). The molecule has 0 atom stereocenters. The second-order valence-corrected chi connectivity index (χ2v) is 5.35. The summed E-state index contributed by atoms with van der Waals surface area (Å²) in [4.78, 5) is 0. The topological polar surface area (TPSA) is 17.0 Å². The summed E-state index contributed by atoms with van der Waals surface area (Å²) in [6, 6.07) is 9.29. The Hall–Kier alpha value is -1.28. The Balaban J connectivity index is 2.15. The first-order chi connectivity index (χ1) is 8.61. The second kappa shape index (κ2) is 5.57. The number of nitrogens with one attached hydrogen (secondary N) is 1. The zero-order chi connectivity index (χ0) is 13.1. The Bertz CT molecular complexity index is 523. The van der Waals surface area contributed by atoms with Crippen LogP contribution in [0.5, 0.6) is 0 Å². The molecule has 18 heavy (non-hydrogen) atoms. The van der Waals surface area contributed by atoms with Gasteiger partial charge in [-0.05, 0) is 37.9 Å². The highest BCUT2D eigenvalue weighted by molar-refractivity contribution is 5.85. The molecule has 0 saturated carbocycles. The van der Waals surface area contributed by atoms with E-state index < -0.39 is 0 Å². The van der Waals surface area contributed by atoms with Gasteiger partial charge in [0, 0.05) is 29.7 Å². The van der Waals surface area contributed by atoms with Gasteiger partial charge in [0.2, 0.25) is 0 Å². The van der Waals surface area contributed by atoms with Crippen molar-refractivity contribution >= 4 is 10.9 Å². The number of benzene rings is 1. The van der Waals surface area contributed by atoms with Crippen molar-refractivity contribution in [2.24, 2.45) is 7.05 Å². The van der Waals surface area contributed by atoms with Crippen LogP contribution in [-0.2, 0) is 13.5 Å². The fourth-order valence-electron chi connectivity index (χ4n) is 2.57. The lowest BCUT2D eigenvalue weighted by molar-refractivity contribution is 0.570. The van der Waals surface area contributed by atoms with E-state index in [1.807, 2.05) is 0 Å². The smallest absolute Gasteiger partial charge is 0.0482 e. The van der Waals surface area contributed by atoms with E-state index in [2.05, 4.69) is 62.0 Å². The van der Waals surface area contributed by atoms with Crippen molar-refractivity contribution in [3.8, 4) is 0 Å². The summed E-state index contributed by atoms with van der Waals surface area (Å²) in [6.45, 7) is 7.72. The molecule has 0 unspecified atom stereocenters. The van der Waals surface area contributed by atoms with Crippen molar-refractivity contribution in [1.29, 1.82) is 0 Å². The lowest BCUT2D eigenvalue weighted by Gasteiger charge is -2.08. The highest BCUT2D eigenvalue weighted by Crippen LogP contribution is 2.25. The van der Waals surface area contributed by atoms with E-state index in [4.69, 9.17) is 0 Å². The highest BCUT2D eigenvalue weighted by atomic mass is 14.9. The maximum absolute atomic E-state index is 3.48. The van der Waals surface area contributed by atoms with E-state index in [0.717, 1.165) is 13.0 Å². The van der Waals surface area contributed by atoms with Crippen molar-refractivity contribution in [2.45, 2.75) is 39.7 Å². The fraction of sp³-hybridized carbons (Fsp3) is 0.500. The van der Waals surface area contributed by atoms with Gasteiger partial charge in [0.25, 0.3) is 0 Å². The van der Waals surface area contributed by atoms with Gasteiger partial charge >= 0.3 is 0 Å². The monoisotopic (exact) mass is 244 g/mol. The Morgan fingerprint density at radius 3 is 2.67 bits per heavy atom. The number of nitrogens with zero attached hydrogens (tertiary/aromatic N) is 1. The number of hydrogen-bond acceptors (Lipinski definition) is 1. The van der Waals surface area contributed by atoms with E-state index in [1.54, 1.807) is 0 Å². The van der Waals surface area contributed by atoms with Crippen LogP contribution >= 0.6 is 0 Å². The molecule has 1 aromatic carbocycles. The van der Waals surface area contributed by atoms with Gasteiger partial charge in [-0.1, -0.05) is 32.0 Å². The standard InChI is InChI=1S/C16H24N2/c1-12(2)17-11-7-9-14-13(3)18(4)16-10-6-5-8-15(14)16/h5-6,8,10,12,17H,7,9,11H2,1-4H3. The first-order valence-electron chi connectivity index (χ1n) is 6.87. The number of aromatic nitrogens is 1. The number of fused-ring (bicyclic) bond motifs is 1. The molecule has 2 aromatic rings. The maximum atomic E-state index is 3.48. The summed E-state index contributed by atoms with van der Waals surface area (Å²) in [5.74, 6) is 0. The highest BCUT2D eigenvalue weighted by Gasteiger charge is 2.10. The van der Waals surface area contributed by atoms with Crippen LogP contribution in [0.3, 0.4) is 0 Å². The molecular formula is C16H24N2. The number of rotatable bonds is 5. The van der Waals surface area contributed by atoms with Gasteiger partial charge in [0.05, 0.1) is 0 Å². The van der Waals surface area contributed by atoms with E-state index in [0.29, 0.717) is 6.04 Å². The first-order valence-corrected chi connectivity index (χ1v) is 6.87. The first kappa shape index (κ1) is 13.2. The van der Waals surface area contributed by atoms with Crippen LogP contribution in [0.15, 0.2) is 24.3 Å². The van der Waals surface area contributed by atoms with E-state index in [9.17, 15) is 0 Å². The van der Waals surface area contributed by atoms with Gasteiger partial charge in [-0.3, -0.25) is 0 Å². The quantitative estimate of drug-likeness (QED) is 0.797. The van der Waals surface area contributed by atoms with Crippen LogP contribution in [0, 0.1) is 6.92 Å². The van der Waals surface area contributed by atoms with Gasteiger partial charge in [-0.15, -0.1) is 0 Å². The van der Waals surface area contributed by atoms with Gasteiger partial charge in [0.15, 0.2) is 0 Å². The van der Waals surface area contributed by atoms with Gasteiger partial charge in [-0.25, -0.2) is 0 Å². The van der Waals surface area contributed by atoms with Crippen molar-refractivity contribution in [1.82, 2.24) is 9.88 Å². The Labute approximate surface area is 110 Å². The molecule has 2 heteroatoms.